The van der Waals surface area contributed by atoms with Crippen LogP contribution >= 0.6 is 23.4 Å². The van der Waals surface area contributed by atoms with E-state index in [1.54, 1.807) is 26.0 Å². The van der Waals surface area contributed by atoms with E-state index in [0.717, 1.165) is 16.6 Å². The molecule has 0 spiro atoms. The number of esters is 1. The molecule has 3 rings (SSSR count). The lowest BCUT2D eigenvalue weighted by Crippen LogP contribution is -2.44. The number of carbonyl (C=O) groups is 3. The normalized spacial score (nSPS) is 10.9. The summed E-state index contributed by atoms with van der Waals surface area (Å²) in [4.78, 5) is 40.0. The Bertz CT molecular complexity index is 1120. The van der Waals surface area contributed by atoms with Crippen LogP contribution in [0.25, 0.3) is 11.0 Å². The maximum Gasteiger partial charge on any atom is 0.321 e. The molecule has 0 bridgehead atoms. The van der Waals surface area contributed by atoms with Gasteiger partial charge in [-0.15, -0.1) is 0 Å². The molecule has 0 aliphatic carbocycles. The molecule has 3 aromatic rings. The second-order valence-electron chi connectivity index (χ2n) is 7.22. The van der Waals surface area contributed by atoms with E-state index in [1.807, 2.05) is 41.0 Å². The predicted molar refractivity (Wildman–Crippen MR) is 124 cm³/mol. The molecule has 0 unspecified atom stereocenters. The molecule has 0 saturated carbocycles. The molecule has 0 atom stereocenters. The van der Waals surface area contributed by atoms with Crippen LogP contribution in [-0.4, -0.2) is 45.9 Å². The molecule has 2 aromatic carbocycles. The number of imidazole rings is 1. The largest absolute Gasteiger partial charge is 0.455 e. The second-order valence-corrected chi connectivity index (χ2v) is 8.60. The lowest BCUT2D eigenvalue weighted by molar-refractivity contribution is -0.145. The number of rotatable bonds is 8. The number of imide groups is 1. The van der Waals surface area contributed by atoms with Gasteiger partial charge in [0.05, 0.1) is 23.3 Å². The number of urea groups is 1. The van der Waals surface area contributed by atoms with Crippen LogP contribution < -0.4 is 10.6 Å². The van der Waals surface area contributed by atoms with E-state index in [1.165, 1.54) is 11.8 Å². The van der Waals surface area contributed by atoms with Gasteiger partial charge in [-0.25, -0.2) is 9.78 Å². The van der Waals surface area contributed by atoms with E-state index >= 15 is 0 Å². The van der Waals surface area contributed by atoms with E-state index in [2.05, 4.69) is 15.6 Å². The topological polar surface area (TPSA) is 102 Å². The number of fused-ring (bicyclic) bond motifs is 1. The highest BCUT2D eigenvalue weighted by Gasteiger charge is 2.16. The third kappa shape index (κ3) is 6.73. The molecule has 10 heteroatoms. The van der Waals surface area contributed by atoms with Crippen molar-refractivity contribution < 1.29 is 19.1 Å². The molecule has 0 aliphatic rings. The van der Waals surface area contributed by atoms with Crippen LogP contribution in [0.2, 0.25) is 5.02 Å². The number of benzene rings is 2. The van der Waals surface area contributed by atoms with Crippen molar-refractivity contribution in [2.24, 2.45) is 0 Å². The van der Waals surface area contributed by atoms with Crippen molar-refractivity contribution in [1.29, 1.82) is 0 Å². The van der Waals surface area contributed by atoms with Crippen LogP contribution in [0.15, 0.2) is 53.7 Å². The van der Waals surface area contributed by atoms with Crippen molar-refractivity contribution in [3.63, 3.8) is 0 Å². The summed E-state index contributed by atoms with van der Waals surface area (Å²) in [5.41, 5.74) is 2.70. The lowest BCUT2D eigenvalue weighted by Gasteiger charge is -2.10. The minimum atomic E-state index is -0.701. The highest BCUT2D eigenvalue weighted by molar-refractivity contribution is 7.99. The van der Waals surface area contributed by atoms with Crippen molar-refractivity contribution >= 4 is 52.3 Å². The number of hydrogen-bond donors (Lipinski definition) is 2. The molecule has 0 saturated heterocycles. The first kappa shape index (κ1) is 23.6. The van der Waals surface area contributed by atoms with Gasteiger partial charge in [-0.05, 0) is 37.6 Å². The summed E-state index contributed by atoms with van der Waals surface area (Å²) < 4.78 is 6.97. The number of halogens is 1. The average Bonchev–Trinajstić information content (AvgIpc) is 3.07. The smallest absolute Gasteiger partial charge is 0.321 e. The molecular weight excluding hydrogens is 452 g/mol. The molecule has 0 radical (unpaired) electrons. The Hall–Kier alpha value is -3.04. The summed E-state index contributed by atoms with van der Waals surface area (Å²) >= 11 is 7.31. The molecule has 32 heavy (non-hydrogen) atoms. The zero-order valence-corrected chi connectivity index (χ0v) is 19.2. The Labute approximate surface area is 194 Å². The van der Waals surface area contributed by atoms with Gasteiger partial charge in [-0.1, -0.05) is 53.7 Å². The van der Waals surface area contributed by atoms with Gasteiger partial charge in [-0.3, -0.25) is 14.9 Å². The van der Waals surface area contributed by atoms with Gasteiger partial charge in [0.15, 0.2) is 11.8 Å². The molecular formula is C22H23ClN4O4S. The second kappa shape index (κ2) is 11.0. The Morgan fingerprint density at radius 3 is 2.62 bits per heavy atom. The van der Waals surface area contributed by atoms with Crippen molar-refractivity contribution in [2.75, 3.05) is 12.4 Å². The molecule has 1 aromatic heterocycles. The minimum Gasteiger partial charge on any atom is -0.455 e. The summed E-state index contributed by atoms with van der Waals surface area (Å²) in [6.45, 7) is 3.56. The number of thioether (sulfide) groups is 1. The van der Waals surface area contributed by atoms with Gasteiger partial charge < -0.3 is 14.6 Å². The van der Waals surface area contributed by atoms with Crippen LogP contribution in [0.4, 0.5) is 4.79 Å². The lowest BCUT2D eigenvalue weighted by atomic mass is 10.2. The fourth-order valence-corrected chi connectivity index (χ4v) is 3.86. The van der Waals surface area contributed by atoms with Gasteiger partial charge in [0.25, 0.3) is 5.91 Å². The number of amides is 3. The highest BCUT2D eigenvalue weighted by atomic mass is 35.5. The number of carbonyl (C=O) groups excluding carboxylic acids is 3. The number of ether oxygens (including phenoxy) is 1. The quantitative estimate of drug-likeness (QED) is 0.382. The number of hydrogen-bond acceptors (Lipinski definition) is 6. The maximum atomic E-state index is 12.1. The minimum absolute atomic E-state index is 0.0443. The SMILES string of the molecule is CC(C)NC(=O)NC(=O)COC(=O)CSc1nc2cc(Cl)ccc2n1Cc1ccccc1. The van der Waals surface area contributed by atoms with Gasteiger partial charge in [0, 0.05) is 11.1 Å². The molecule has 0 fully saturated rings. The first-order valence-electron chi connectivity index (χ1n) is 9.90. The first-order chi connectivity index (χ1) is 15.3. The summed E-state index contributed by atoms with van der Waals surface area (Å²) in [6, 6.07) is 14.6. The van der Waals surface area contributed by atoms with Crippen LogP contribution in [0.5, 0.6) is 0 Å². The fraction of sp³-hybridized carbons (Fsp3) is 0.273. The summed E-state index contributed by atoms with van der Waals surface area (Å²) in [7, 11) is 0. The van der Waals surface area contributed by atoms with Crippen molar-refractivity contribution in [2.45, 2.75) is 31.6 Å². The summed E-state index contributed by atoms with van der Waals surface area (Å²) in [6.07, 6.45) is 0. The zero-order chi connectivity index (χ0) is 23.1. The summed E-state index contributed by atoms with van der Waals surface area (Å²) in [5, 5.41) is 5.82. The van der Waals surface area contributed by atoms with E-state index in [-0.39, 0.29) is 11.8 Å². The fourth-order valence-electron chi connectivity index (χ4n) is 2.88. The van der Waals surface area contributed by atoms with Crippen molar-refractivity contribution in [3.05, 3.63) is 59.1 Å². The molecule has 8 nitrogen and oxygen atoms in total. The van der Waals surface area contributed by atoms with Crippen LogP contribution in [0.3, 0.4) is 0 Å². The molecule has 2 N–H and O–H groups in total. The Kier molecular flexibility index (Phi) is 8.13. The van der Waals surface area contributed by atoms with Gasteiger partial charge >= 0.3 is 12.0 Å². The van der Waals surface area contributed by atoms with E-state index in [4.69, 9.17) is 16.3 Å². The molecule has 0 aliphatic heterocycles. The van der Waals surface area contributed by atoms with Crippen LogP contribution in [0, 0.1) is 0 Å². The predicted octanol–water partition coefficient (Wildman–Crippen LogP) is 3.61. The van der Waals surface area contributed by atoms with E-state index in [9.17, 15) is 14.4 Å². The van der Waals surface area contributed by atoms with E-state index < -0.39 is 24.5 Å². The maximum absolute atomic E-state index is 12.1. The Morgan fingerprint density at radius 1 is 1.16 bits per heavy atom. The average molecular weight is 475 g/mol. The molecule has 1 heterocycles. The zero-order valence-electron chi connectivity index (χ0n) is 17.6. The van der Waals surface area contributed by atoms with Crippen LogP contribution in [-0.2, 0) is 20.9 Å². The van der Waals surface area contributed by atoms with Gasteiger partial charge in [-0.2, -0.15) is 0 Å². The monoisotopic (exact) mass is 474 g/mol. The third-order valence-corrected chi connectivity index (χ3v) is 5.40. The number of nitrogens with one attached hydrogen (secondary N) is 2. The van der Waals surface area contributed by atoms with Crippen molar-refractivity contribution in [3.8, 4) is 0 Å². The van der Waals surface area contributed by atoms with Gasteiger partial charge in [0.1, 0.15) is 0 Å². The Morgan fingerprint density at radius 2 is 1.91 bits per heavy atom. The third-order valence-electron chi connectivity index (χ3n) is 4.21. The summed E-state index contributed by atoms with van der Waals surface area (Å²) in [5.74, 6) is -1.34. The molecule has 168 valence electrons. The van der Waals surface area contributed by atoms with Crippen LogP contribution in [0.1, 0.15) is 19.4 Å². The molecule has 3 amide bonds. The highest BCUT2D eigenvalue weighted by Crippen LogP contribution is 2.27. The first-order valence-corrected chi connectivity index (χ1v) is 11.3. The number of nitrogens with zero attached hydrogens (tertiary/aromatic N) is 2. The standard InChI is InChI=1S/C22H23ClN4O4S/c1-14(2)24-21(30)26-19(28)12-31-20(29)13-32-22-25-17-10-16(23)8-9-18(17)27(22)11-15-6-4-3-5-7-15/h3-10,14H,11-13H2,1-2H3,(H2,24,26,28,30). The Balaban J connectivity index is 1.62. The van der Waals surface area contributed by atoms with E-state index in [0.29, 0.717) is 16.7 Å². The van der Waals surface area contributed by atoms with Crippen molar-refractivity contribution in [1.82, 2.24) is 20.2 Å². The number of aromatic nitrogens is 2. The van der Waals surface area contributed by atoms with Gasteiger partial charge in [0.2, 0.25) is 0 Å².